The quantitative estimate of drug-likeness (QED) is 0.374. The van der Waals surface area contributed by atoms with E-state index in [1.165, 1.54) is 18.1 Å². The maximum Gasteiger partial charge on any atom is 0.270 e. The zero-order valence-corrected chi connectivity index (χ0v) is 19.2. The van der Waals surface area contributed by atoms with Crippen molar-refractivity contribution in [3.05, 3.63) is 57.6 Å². The molecule has 30 heavy (non-hydrogen) atoms. The van der Waals surface area contributed by atoms with Crippen molar-refractivity contribution in [1.82, 2.24) is 5.32 Å². The minimum atomic E-state index is -0.550. The molecule has 0 aromatic heterocycles. The van der Waals surface area contributed by atoms with E-state index in [1.54, 1.807) is 12.1 Å². The highest BCUT2D eigenvalue weighted by Crippen LogP contribution is 2.35. The Bertz CT molecular complexity index is 1030. The Kier molecular flexibility index (Phi) is 6.89. The molecule has 8 heteroatoms. The standard InChI is InChI=1S/C22H21BrN2O4S/c1-4-13-6-8-15(9-7-13)25-21(27)16(20(26)24-22(25)30)10-14-11-18(28-3)19(29-5-2)12-17(14)23/h6-12H,4-5H2,1-3H3,(H,24,26,30). The van der Waals surface area contributed by atoms with Crippen LogP contribution in [-0.4, -0.2) is 30.6 Å². The molecule has 0 radical (unpaired) electrons. The number of carbonyl (C=O) groups is 2. The van der Waals surface area contributed by atoms with Gasteiger partial charge in [0.15, 0.2) is 16.6 Å². The number of ether oxygens (including phenoxy) is 2. The molecule has 2 amide bonds. The summed E-state index contributed by atoms with van der Waals surface area (Å²) in [5, 5.41) is 2.65. The highest BCUT2D eigenvalue weighted by atomic mass is 79.9. The Labute approximate surface area is 189 Å². The molecule has 0 bridgehead atoms. The Balaban J connectivity index is 2.02. The van der Waals surface area contributed by atoms with Crippen molar-refractivity contribution < 1.29 is 19.1 Å². The van der Waals surface area contributed by atoms with Crippen molar-refractivity contribution in [2.75, 3.05) is 18.6 Å². The third-order valence-electron chi connectivity index (χ3n) is 4.59. The minimum Gasteiger partial charge on any atom is -0.493 e. The Morgan fingerprint density at radius 1 is 1.13 bits per heavy atom. The highest BCUT2D eigenvalue weighted by molar-refractivity contribution is 9.10. The van der Waals surface area contributed by atoms with Crippen molar-refractivity contribution in [3.8, 4) is 11.5 Å². The molecule has 1 saturated heterocycles. The molecule has 1 aliphatic rings. The van der Waals surface area contributed by atoms with Gasteiger partial charge in [-0.15, -0.1) is 0 Å². The van der Waals surface area contributed by atoms with Crippen LogP contribution in [-0.2, 0) is 16.0 Å². The molecule has 156 valence electrons. The number of carbonyl (C=O) groups excluding carboxylic acids is 2. The van der Waals surface area contributed by atoms with Crippen LogP contribution in [0.3, 0.4) is 0 Å². The molecule has 6 nitrogen and oxygen atoms in total. The largest absolute Gasteiger partial charge is 0.493 e. The number of thiocarbonyl (C=S) groups is 1. The monoisotopic (exact) mass is 488 g/mol. The topological polar surface area (TPSA) is 67.9 Å². The predicted octanol–water partition coefficient (Wildman–Crippen LogP) is 4.25. The number of aryl methyl sites for hydroxylation is 1. The van der Waals surface area contributed by atoms with Crippen LogP contribution in [0, 0.1) is 0 Å². The number of amides is 2. The maximum atomic E-state index is 13.2. The summed E-state index contributed by atoms with van der Waals surface area (Å²) in [4.78, 5) is 27.0. The van der Waals surface area contributed by atoms with Crippen molar-refractivity contribution in [2.24, 2.45) is 0 Å². The molecule has 2 aromatic rings. The maximum absolute atomic E-state index is 13.2. The summed E-state index contributed by atoms with van der Waals surface area (Å²) in [6.45, 7) is 4.40. The number of methoxy groups -OCH3 is 1. The van der Waals surface area contributed by atoms with E-state index >= 15 is 0 Å². The summed E-state index contributed by atoms with van der Waals surface area (Å²) >= 11 is 8.73. The summed E-state index contributed by atoms with van der Waals surface area (Å²) in [5.74, 6) is 0.0179. The van der Waals surface area contributed by atoms with E-state index in [1.807, 2.05) is 31.2 Å². The van der Waals surface area contributed by atoms with Gasteiger partial charge in [0.25, 0.3) is 11.8 Å². The molecule has 1 aliphatic heterocycles. The van der Waals surface area contributed by atoms with Crippen LogP contribution >= 0.6 is 28.1 Å². The number of benzene rings is 2. The van der Waals surface area contributed by atoms with Crippen molar-refractivity contribution >= 4 is 56.8 Å². The van der Waals surface area contributed by atoms with Crippen LogP contribution in [0.1, 0.15) is 25.0 Å². The fourth-order valence-electron chi connectivity index (χ4n) is 3.02. The number of nitrogens with zero attached hydrogens (tertiary/aromatic N) is 1. The molecule has 0 unspecified atom stereocenters. The first-order valence-corrected chi connectivity index (χ1v) is 10.6. The van der Waals surface area contributed by atoms with Crippen LogP contribution in [0.25, 0.3) is 6.08 Å². The fraction of sp³-hybridized carbons (Fsp3) is 0.227. The van der Waals surface area contributed by atoms with Gasteiger partial charge in [-0.25, -0.2) is 0 Å². The summed E-state index contributed by atoms with van der Waals surface area (Å²) in [5.41, 5.74) is 2.30. The van der Waals surface area contributed by atoms with Gasteiger partial charge in [-0.1, -0.05) is 35.0 Å². The van der Waals surface area contributed by atoms with Gasteiger partial charge in [-0.05, 0) is 67.0 Å². The second-order valence-corrected chi connectivity index (χ2v) is 7.68. The van der Waals surface area contributed by atoms with Gasteiger partial charge in [-0.2, -0.15) is 0 Å². The lowest BCUT2D eigenvalue weighted by molar-refractivity contribution is -0.122. The van der Waals surface area contributed by atoms with Gasteiger partial charge in [0.2, 0.25) is 0 Å². The van der Waals surface area contributed by atoms with Gasteiger partial charge in [0.1, 0.15) is 5.57 Å². The van der Waals surface area contributed by atoms with E-state index in [2.05, 4.69) is 28.2 Å². The first-order valence-electron chi connectivity index (χ1n) is 9.40. The van der Waals surface area contributed by atoms with Gasteiger partial charge in [0, 0.05) is 4.47 Å². The molecule has 0 spiro atoms. The summed E-state index contributed by atoms with van der Waals surface area (Å²) in [7, 11) is 1.53. The predicted molar refractivity (Wildman–Crippen MR) is 124 cm³/mol. The minimum absolute atomic E-state index is 0.0323. The summed E-state index contributed by atoms with van der Waals surface area (Å²) in [6.07, 6.45) is 2.39. The SMILES string of the molecule is CCOc1cc(Br)c(C=C2C(=O)NC(=S)N(c3ccc(CC)cc3)C2=O)cc1OC. The smallest absolute Gasteiger partial charge is 0.270 e. The number of hydrogen-bond donors (Lipinski definition) is 1. The molecule has 1 N–H and O–H groups in total. The van der Waals surface area contributed by atoms with Gasteiger partial charge in [0.05, 0.1) is 19.4 Å². The van der Waals surface area contributed by atoms with Gasteiger partial charge in [-0.3, -0.25) is 19.8 Å². The Morgan fingerprint density at radius 3 is 2.43 bits per heavy atom. The normalized spacial score (nSPS) is 15.4. The van der Waals surface area contributed by atoms with E-state index in [0.29, 0.717) is 33.8 Å². The summed E-state index contributed by atoms with van der Waals surface area (Å²) < 4.78 is 11.6. The van der Waals surface area contributed by atoms with Crippen LogP contribution in [0.5, 0.6) is 11.5 Å². The van der Waals surface area contributed by atoms with Crippen molar-refractivity contribution in [1.29, 1.82) is 0 Å². The molecule has 1 fully saturated rings. The fourth-order valence-corrected chi connectivity index (χ4v) is 3.74. The molecular formula is C22H21BrN2O4S. The third kappa shape index (κ3) is 4.39. The number of anilines is 1. The first kappa shape index (κ1) is 22.0. The first-order chi connectivity index (χ1) is 14.4. The van der Waals surface area contributed by atoms with Crippen LogP contribution in [0.2, 0.25) is 0 Å². The zero-order valence-electron chi connectivity index (χ0n) is 16.8. The van der Waals surface area contributed by atoms with E-state index in [0.717, 1.165) is 12.0 Å². The van der Waals surface area contributed by atoms with Gasteiger partial charge >= 0.3 is 0 Å². The average Bonchev–Trinajstić information content (AvgIpc) is 2.73. The summed E-state index contributed by atoms with van der Waals surface area (Å²) in [6, 6.07) is 10.9. The number of hydrogen-bond acceptors (Lipinski definition) is 5. The lowest BCUT2D eigenvalue weighted by atomic mass is 10.1. The van der Waals surface area contributed by atoms with E-state index < -0.39 is 11.8 Å². The molecule has 1 heterocycles. The number of rotatable bonds is 6. The molecular weight excluding hydrogens is 468 g/mol. The molecule has 0 saturated carbocycles. The zero-order chi connectivity index (χ0) is 21.8. The van der Waals surface area contributed by atoms with E-state index in [9.17, 15) is 9.59 Å². The average molecular weight is 489 g/mol. The van der Waals surface area contributed by atoms with E-state index in [4.69, 9.17) is 21.7 Å². The molecule has 2 aromatic carbocycles. The second kappa shape index (κ2) is 9.40. The van der Waals surface area contributed by atoms with Crippen LogP contribution < -0.4 is 19.7 Å². The lowest BCUT2D eigenvalue weighted by Crippen LogP contribution is -2.54. The van der Waals surface area contributed by atoms with Crippen molar-refractivity contribution in [2.45, 2.75) is 20.3 Å². The van der Waals surface area contributed by atoms with Crippen LogP contribution in [0.15, 0.2) is 46.4 Å². The van der Waals surface area contributed by atoms with Crippen LogP contribution in [0.4, 0.5) is 5.69 Å². The molecule has 0 aliphatic carbocycles. The molecule has 3 rings (SSSR count). The Hall–Kier alpha value is -2.71. The molecule has 0 atom stereocenters. The lowest BCUT2D eigenvalue weighted by Gasteiger charge is -2.29. The van der Waals surface area contributed by atoms with Crippen molar-refractivity contribution in [3.63, 3.8) is 0 Å². The second-order valence-electron chi connectivity index (χ2n) is 6.44. The van der Waals surface area contributed by atoms with E-state index in [-0.39, 0.29) is 10.7 Å². The third-order valence-corrected chi connectivity index (χ3v) is 5.56. The highest BCUT2D eigenvalue weighted by Gasteiger charge is 2.34. The Morgan fingerprint density at radius 2 is 1.83 bits per heavy atom. The van der Waals surface area contributed by atoms with Gasteiger partial charge < -0.3 is 9.47 Å². The number of halogens is 1. The number of nitrogens with one attached hydrogen (secondary N) is 1.